The van der Waals surface area contributed by atoms with E-state index in [1.807, 2.05) is 11.1 Å². The predicted octanol–water partition coefficient (Wildman–Crippen LogP) is 5.94. The molecule has 166 valence electrons. The molecule has 4 heteroatoms. The Kier molecular flexibility index (Phi) is 5.40. The van der Waals surface area contributed by atoms with E-state index in [9.17, 15) is 4.79 Å². The van der Waals surface area contributed by atoms with E-state index >= 15 is 0 Å². The fraction of sp³-hybridized carbons (Fsp3) is 0.429. The molecule has 0 aliphatic carbocycles. The summed E-state index contributed by atoms with van der Waals surface area (Å²) in [4.78, 5) is 18.9. The molecule has 32 heavy (non-hydrogen) atoms. The molecule has 1 aromatic heterocycles. The van der Waals surface area contributed by atoms with Crippen LogP contribution in [0.4, 0.5) is 0 Å². The van der Waals surface area contributed by atoms with E-state index in [1.165, 1.54) is 27.5 Å². The first-order valence-corrected chi connectivity index (χ1v) is 11.9. The quantitative estimate of drug-likeness (QED) is 0.518. The second kappa shape index (κ2) is 8.23. The zero-order valence-electron chi connectivity index (χ0n) is 19.4. The van der Waals surface area contributed by atoms with Crippen LogP contribution in [0, 0.1) is 12.8 Å². The van der Waals surface area contributed by atoms with E-state index in [0.717, 1.165) is 50.2 Å². The van der Waals surface area contributed by atoms with Crippen molar-refractivity contribution in [2.75, 3.05) is 13.1 Å². The van der Waals surface area contributed by atoms with Gasteiger partial charge in [-0.3, -0.25) is 9.78 Å². The number of nitrogens with zero attached hydrogens (tertiary/aromatic N) is 2. The Morgan fingerprint density at radius 3 is 2.59 bits per heavy atom. The van der Waals surface area contributed by atoms with Crippen LogP contribution < -0.4 is 4.74 Å². The molecule has 1 amide bonds. The zero-order chi connectivity index (χ0) is 22.3. The van der Waals surface area contributed by atoms with E-state index in [0.29, 0.717) is 12.3 Å². The van der Waals surface area contributed by atoms with Crippen molar-refractivity contribution in [3.05, 3.63) is 59.9 Å². The summed E-state index contributed by atoms with van der Waals surface area (Å²) in [6, 6.07) is 15.3. The van der Waals surface area contributed by atoms with Crippen LogP contribution in [0.15, 0.2) is 48.7 Å². The molecule has 0 radical (unpaired) electrons. The molecule has 5 rings (SSSR count). The maximum Gasteiger partial charge on any atom is 0.222 e. The topological polar surface area (TPSA) is 42.4 Å². The van der Waals surface area contributed by atoms with Gasteiger partial charge in [0, 0.05) is 49.6 Å². The molecule has 0 N–H and O–H groups in total. The minimum atomic E-state index is -0.114. The summed E-state index contributed by atoms with van der Waals surface area (Å²) in [5, 5.41) is 2.43. The van der Waals surface area contributed by atoms with Crippen molar-refractivity contribution >= 4 is 16.7 Å². The molecule has 1 fully saturated rings. The van der Waals surface area contributed by atoms with Gasteiger partial charge in [0.2, 0.25) is 5.91 Å². The SMILES string of the molecule is Cc1nccc2cc(-c3ccc4c(c3)CCC3(CCN(C(=O)CC(C)C)CC3)O4)ccc12. The number of benzene rings is 2. The first kappa shape index (κ1) is 21.0. The summed E-state index contributed by atoms with van der Waals surface area (Å²) >= 11 is 0. The fourth-order valence-electron chi connectivity index (χ4n) is 5.20. The molecule has 2 aliphatic rings. The van der Waals surface area contributed by atoms with Crippen LogP contribution >= 0.6 is 0 Å². The number of rotatable bonds is 3. The van der Waals surface area contributed by atoms with Crippen molar-refractivity contribution in [2.24, 2.45) is 5.92 Å². The highest BCUT2D eigenvalue weighted by Crippen LogP contribution is 2.41. The minimum absolute atomic E-state index is 0.114. The largest absolute Gasteiger partial charge is 0.487 e. The minimum Gasteiger partial charge on any atom is -0.487 e. The van der Waals surface area contributed by atoms with Crippen molar-refractivity contribution < 1.29 is 9.53 Å². The van der Waals surface area contributed by atoms with Gasteiger partial charge >= 0.3 is 0 Å². The van der Waals surface area contributed by atoms with Gasteiger partial charge in [0.1, 0.15) is 11.4 Å². The standard InChI is InChI=1S/C28H32N2O2/c1-19(2)16-27(31)30-14-11-28(12-15-30)10-8-24-18-22(5-7-26(24)32-28)21-4-6-25-20(3)29-13-9-23(25)17-21/h4-7,9,13,17-19H,8,10-12,14-16H2,1-3H3. The number of carbonyl (C=O) groups is 1. The number of carbonyl (C=O) groups excluding carboxylic acids is 1. The van der Waals surface area contributed by atoms with Crippen LogP contribution in [0.5, 0.6) is 5.75 Å². The molecule has 0 unspecified atom stereocenters. The van der Waals surface area contributed by atoms with Gasteiger partial charge < -0.3 is 9.64 Å². The van der Waals surface area contributed by atoms with Crippen LogP contribution in [0.2, 0.25) is 0 Å². The number of ether oxygens (including phenoxy) is 1. The average Bonchev–Trinajstić information content (AvgIpc) is 2.79. The van der Waals surface area contributed by atoms with Gasteiger partial charge in [-0.05, 0) is 72.0 Å². The maximum absolute atomic E-state index is 12.4. The van der Waals surface area contributed by atoms with Crippen LogP contribution in [0.1, 0.15) is 50.8 Å². The lowest BCUT2D eigenvalue weighted by Gasteiger charge is -2.44. The lowest BCUT2D eigenvalue weighted by molar-refractivity contribution is -0.135. The van der Waals surface area contributed by atoms with Gasteiger partial charge in [-0.2, -0.15) is 0 Å². The second-order valence-corrected chi connectivity index (χ2v) is 9.92. The van der Waals surface area contributed by atoms with Gasteiger partial charge in [-0.25, -0.2) is 0 Å². The van der Waals surface area contributed by atoms with Gasteiger partial charge in [0.25, 0.3) is 0 Å². The third-order valence-electron chi connectivity index (χ3n) is 7.14. The first-order chi connectivity index (χ1) is 15.4. The Bertz CT molecular complexity index is 1160. The number of hydrogen-bond donors (Lipinski definition) is 0. The van der Waals surface area contributed by atoms with E-state index in [2.05, 4.69) is 68.2 Å². The highest BCUT2D eigenvalue weighted by molar-refractivity contribution is 5.88. The Labute approximate surface area is 190 Å². The van der Waals surface area contributed by atoms with Gasteiger partial charge in [-0.15, -0.1) is 0 Å². The molecule has 2 aromatic carbocycles. The Hall–Kier alpha value is -2.88. The van der Waals surface area contributed by atoms with Crippen molar-refractivity contribution in [1.29, 1.82) is 0 Å². The Morgan fingerprint density at radius 1 is 1.06 bits per heavy atom. The first-order valence-electron chi connectivity index (χ1n) is 11.9. The van der Waals surface area contributed by atoms with Crippen molar-refractivity contribution in [3.8, 4) is 16.9 Å². The molecule has 2 aliphatic heterocycles. The number of aryl methyl sites for hydroxylation is 2. The third-order valence-corrected chi connectivity index (χ3v) is 7.14. The monoisotopic (exact) mass is 428 g/mol. The molecule has 3 aromatic rings. The number of pyridine rings is 1. The van der Waals surface area contributed by atoms with Crippen molar-refractivity contribution in [3.63, 3.8) is 0 Å². The number of aromatic nitrogens is 1. The number of hydrogen-bond acceptors (Lipinski definition) is 3. The number of fused-ring (bicyclic) bond motifs is 2. The van der Waals surface area contributed by atoms with Crippen LogP contribution in [-0.2, 0) is 11.2 Å². The van der Waals surface area contributed by atoms with E-state index in [1.54, 1.807) is 0 Å². The maximum atomic E-state index is 12.4. The lowest BCUT2D eigenvalue weighted by Crippen LogP contribution is -2.51. The molecule has 0 saturated carbocycles. The summed E-state index contributed by atoms with van der Waals surface area (Å²) in [7, 11) is 0. The Balaban J connectivity index is 1.32. The summed E-state index contributed by atoms with van der Waals surface area (Å²) < 4.78 is 6.60. The van der Waals surface area contributed by atoms with Gasteiger partial charge in [-0.1, -0.05) is 32.0 Å². The predicted molar refractivity (Wildman–Crippen MR) is 129 cm³/mol. The van der Waals surface area contributed by atoms with Crippen molar-refractivity contribution in [2.45, 2.75) is 58.5 Å². The number of amides is 1. The number of piperidine rings is 1. The number of likely N-dealkylation sites (tertiary alicyclic amines) is 1. The smallest absolute Gasteiger partial charge is 0.222 e. The summed E-state index contributed by atoms with van der Waals surface area (Å²) in [6.45, 7) is 7.89. The molecule has 3 heterocycles. The summed E-state index contributed by atoms with van der Waals surface area (Å²) in [6.07, 6.45) is 6.43. The van der Waals surface area contributed by atoms with Crippen LogP contribution in [-0.4, -0.2) is 34.5 Å². The summed E-state index contributed by atoms with van der Waals surface area (Å²) in [5.41, 5.74) is 4.70. The van der Waals surface area contributed by atoms with Crippen molar-refractivity contribution in [1.82, 2.24) is 9.88 Å². The second-order valence-electron chi connectivity index (χ2n) is 9.92. The molecular formula is C28H32N2O2. The lowest BCUT2D eigenvalue weighted by atomic mass is 9.82. The average molecular weight is 429 g/mol. The molecule has 1 saturated heterocycles. The highest BCUT2D eigenvalue weighted by Gasteiger charge is 2.40. The van der Waals surface area contributed by atoms with Crippen LogP contribution in [0.25, 0.3) is 21.9 Å². The van der Waals surface area contributed by atoms with Crippen LogP contribution in [0.3, 0.4) is 0 Å². The van der Waals surface area contributed by atoms with Gasteiger partial charge in [0.05, 0.1) is 0 Å². The molecule has 0 bridgehead atoms. The zero-order valence-corrected chi connectivity index (χ0v) is 19.4. The molecule has 4 nitrogen and oxygen atoms in total. The van der Waals surface area contributed by atoms with E-state index in [-0.39, 0.29) is 11.5 Å². The van der Waals surface area contributed by atoms with Gasteiger partial charge in [0.15, 0.2) is 0 Å². The normalized spacial score (nSPS) is 17.4. The molecule has 1 spiro atoms. The molecule has 0 atom stereocenters. The fourth-order valence-corrected chi connectivity index (χ4v) is 5.20. The summed E-state index contributed by atoms with van der Waals surface area (Å²) in [5.74, 6) is 1.72. The highest BCUT2D eigenvalue weighted by atomic mass is 16.5. The molecular weight excluding hydrogens is 396 g/mol. The van der Waals surface area contributed by atoms with E-state index < -0.39 is 0 Å². The Morgan fingerprint density at radius 2 is 1.81 bits per heavy atom. The van der Waals surface area contributed by atoms with E-state index in [4.69, 9.17) is 4.74 Å². The third kappa shape index (κ3) is 3.99.